The van der Waals surface area contributed by atoms with E-state index < -0.39 is 17.5 Å². The predicted octanol–water partition coefficient (Wildman–Crippen LogP) is 3.51. The van der Waals surface area contributed by atoms with E-state index >= 15 is 0 Å². The van der Waals surface area contributed by atoms with Gasteiger partial charge in [0.1, 0.15) is 10.8 Å². The molecule has 0 atom stereocenters. The van der Waals surface area contributed by atoms with Crippen LogP contribution in [0, 0.1) is 17.5 Å². The number of hydrogen-bond acceptors (Lipinski definition) is 2. The maximum Gasteiger partial charge on any atom is 0.183 e. The van der Waals surface area contributed by atoms with Crippen LogP contribution in [0.15, 0.2) is 36.4 Å². The molecule has 0 unspecified atom stereocenters. The minimum atomic E-state index is -1.09. The van der Waals surface area contributed by atoms with Crippen molar-refractivity contribution >= 4 is 28.6 Å². The third-order valence-corrected chi connectivity index (χ3v) is 3.12. The van der Waals surface area contributed by atoms with Crippen molar-refractivity contribution in [2.24, 2.45) is 5.73 Å². The molecule has 2 rings (SSSR count). The zero-order valence-corrected chi connectivity index (χ0v) is 11.3. The van der Waals surface area contributed by atoms with Gasteiger partial charge in [-0.15, -0.1) is 0 Å². The molecule has 0 bridgehead atoms. The zero-order chi connectivity index (χ0) is 14.9. The molecule has 0 fully saturated rings. The Morgan fingerprint density at radius 3 is 2.15 bits per heavy atom. The Hall–Kier alpha value is -2.08. The highest BCUT2D eigenvalue weighted by atomic mass is 32.1. The Kier molecular flexibility index (Phi) is 3.94. The molecule has 6 heteroatoms. The second-order valence-corrected chi connectivity index (χ2v) is 4.60. The minimum Gasteiger partial charge on any atom is -0.389 e. The second kappa shape index (κ2) is 5.50. The molecule has 2 nitrogen and oxygen atoms in total. The Bertz CT molecular complexity index is 656. The quantitative estimate of drug-likeness (QED) is 0.879. The molecule has 0 saturated carbocycles. The molecule has 20 heavy (non-hydrogen) atoms. The first-order valence-corrected chi connectivity index (χ1v) is 6.09. The van der Waals surface area contributed by atoms with Gasteiger partial charge >= 0.3 is 0 Å². The van der Waals surface area contributed by atoms with Gasteiger partial charge in [-0.2, -0.15) is 0 Å². The molecule has 2 N–H and O–H groups in total. The summed E-state index contributed by atoms with van der Waals surface area (Å²) < 4.78 is 40.7. The number of nitrogens with two attached hydrogens (primary N) is 1. The van der Waals surface area contributed by atoms with E-state index in [0.717, 1.165) is 0 Å². The fraction of sp³-hybridized carbons (Fsp3) is 0.0714. The highest BCUT2D eigenvalue weighted by Crippen LogP contribution is 2.29. The minimum absolute atomic E-state index is 0.00843. The number of thiocarbonyl (C=S) groups is 1. The monoisotopic (exact) mass is 296 g/mol. The molecule has 0 spiro atoms. The number of hydrogen-bond donors (Lipinski definition) is 1. The van der Waals surface area contributed by atoms with Crippen molar-refractivity contribution in [3.63, 3.8) is 0 Å². The molecule has 0 aliphatic heterocycles. The van der Waals surface area contributed by atoms with Gasteiger partial charge in [-0.1, -0.05) is 12.2 Å². The summed E-state index contributed by atoms with van der Waals surface area (Å²) in [4.78, 5) is 1.19. The summed E-state index contributed by atoms with van der Waals surface area (Å²) in [6, 6.07) is 8.10. The molecule has 0 radical (unpaired) electrons. The average Bonchev–Trinajstić information content (AvgIpc) is 2.41. The largest absolute Gasteiger partial charge is 0.389 e. The molecule has 0 aliphatic carbocycles. The lowest BCUT2D eigenvalue weighted by molar-refractivity contribution is 0.508. The van der Waals surface area contributed by atoms with Crippen LogP contribution < -0.4 is 10.6 Å². The zero-order valence-electron chi connectivity index (χ0n) is 10.5. The van der Waals surface area contributed by atoms with E-state index in [1.807, 2.05) is 0 Å². The molecule has 2 aromatic carbocycles. The number of rotatable bonds is 3. The number of benzene rings is 2. The standard InChI is InChI=1S/C14H11F3N2S/c1-19(9-4-2-8(15)3-5-9)11-7-6-10(14(18)20)12(16)13(11)17/h2-7H,1H3,(H2,18,20). The Morgan fingerprint density at radius 1 is 1.00 bits per heavy atom. The van der Waals surface area contributed by atoms with Gasteiger partial charge < -0.3 is 10.6 Å². The fourth-order valence-corrected chi connectivity index (χ4v) is 1.95. The molecule has 0 amide bonds. The smallest absolute Gasteiger partial charge is 0.183 e. The third kappa shape index (κ3) is 2.60. The SMILES string of the molecule is CN(c1ccc(F)cc1)c1ccc(C(N)=S)c(F)c1F. The van der Waals surface area contributed by atoms with Crippen molar-refractivity contribution in [1.82, 2.24) is 0 Å². The van der Waals surface area contributed by atoms with Crippen molar-refractivity contribution in [2.45, 2.75) is 0 Å². The van der Waals surface area contributed by atoms with Crippen LogP contribution >= 0.6 is 12.2 Å². The van der Waals surface area contributed by atoms with Gasteiger partial charge in [0.25, 0.3) is 0 Å². The highest BCUT2D eigenvalue weighted by Gasteiger charge is 2.18. The fourth-order valence-electron chi connectivity index (χ4n) is 1.79. The van der Waals surface area contributed by atoms with Crippen LogP contribution in [-0.4, -0.2) is 12.0 Å². The van der Waals surface area contributed by atoms with E-state index in [9.17, 15) is 13.2 Å². The van der Waals surface area contributed by atoms with Crippen LogP contribution in [0.2, 0.25) is 0 Å². The van der Waals surface area contributed by atoms with E-state index in [0.29, 0.717) is 5.69 Å². The van der Waals surface area contributed by atoms with E-state index in [-0.39, 0.29) is 16.2 Å². The average molecular weight is 296 g/mol. The molecule has 104 valence electrons. The topological polar surface area (TPSA) is 29.3 Å². The molecule has 0 aliphatic rings. The first-order valence-electron chi connectivity index (χ1n) is 5.69. The lowest BCUT2D eigenvalue weighted by atomic mass is 10.1. The van der Waals surface area contributed by atoms with E-state index in [1.165, 1.54) is 41.3 Å². The van der Waals surface area contributed by atoms with Crippen molar-refractivity contribution in [2.75, 3.05) is 11.9 Å². The van der Waals surface area contributed by atoms with Crippen LogP contribution in [0.25, 0.3) is 0 Å². The van der Waals surface area contributed by atoms with Gasteiger partial charge in [0, 0.05) is 18.3 Å². The molecule has 0 heterocycles. The highest BCUT2D eigenvalue weighted by molar-refractivity contribution is 7.80. The maximum atomic E-state index is 14.0. The Morgan fingerprint density at radius 2 is 1.60 bits per heavy atom. The Balaban J connectivity index is 2.45. The first-order chi connectivity index (χ1) is 9.41. The second-order valence-electron chi connectivity index (χ2n) is 4.16. The molecule has 0 saturated heterocycles. The lowest BCUT2D eigenvalue weighted by Gasteiger charge is -2.21. The summed E-state index contributed by atoms with van der Waals surface area (Å²) in [5.41, 5.74) is 5.69. The van der Waals surface area contributed by atoms with Crippen LogP contribution in [0.3, 0.4) is 0 Å². The van der Waals surface area contributed by atoms with Gasteiger partial charge in [-0.05, 0) is 36.4 Å². The first kappa shape index (κ1) is 14.3. The predicted molar refractivity (Wildman–Crippen MR) is 76.7 cm³/mol. The van der Waals surface area contributed by atoms with Crippen LogP contribution in [0.1, 0.15) is 5.56 Å². The van der Waals surface area contributed by atoms with Crippen LogP contribution in [-0.2, 0) is 0 Å². The van der Waals surface area contributed by atoms with Gasteiger partial charge in [-0.3, -0.25) is 0 Å². The van der Waals surface area contributed by atoms with Crippen LogP contribution in [0.4, 0.5) is 24.5 Å². The van der Waals surface area contributed by atoms with Crippen LogP contribution in [0.5, 0.6) is 0 Å². The van der Waals surface area contributed by atoms with Crippen molar-refractivity contribution in [1.29, 1.82) is 0 Å². The summed E-state index contributed by atoms with van der Waals surface area (Å²) >= 11 is 4.64. The molecule has 2 aromatic rings. The van der Waals surface area contributed by atoms with Gasteiger partial charge in [0.05, 0.1) is 5.69 Å². The molecular formula is C14H11F3N2S. The van der Waals surface area contributed by atoms with Crippen molar-refractivity contribution in [3.05, 3.63) is 59.4 Å². The lowest BCUT2D eigenvalue weighted by Crippen LogP contribution is -2.16. The summed E-state index contributed by atoms with van der Waals surface area (Å²) in [7, 11) is 1.55. The molecule has 0 aromatic heterocycles. The number of nitrogens with zero attached hydrogens (tertiary/aromatic N) is 1. The van der Waals surface area contributed by atoms with E-state index in [2.05, 4.69) is 12.2 Å². The molecular weight excluding hydrogens is 285 g/mol. The Labute approximate surface area is 119 Å². The maximum absolute atomic E-state index is 14.0. The third-order valence-electron chi connectivity index (χ3n) is 2.90. The summed E-state index contributed by atoms with van der Waals surface area (Å²) in [6.45, 7) is 0. The summed E-state index contributed by atoms with van der Waals surface area (Å²) in [5.74, 6) is -2.55. The number of halogens is 3. The van der Waals surface area contributed by atoms with Crippen molar-refractivity contribution < 1.29 is 13.2 Å². The van der Waals surface area contributed by atoms with E-state index in [1.54, 1.807) is 7.05 Å². The van der Waals surface area contributed by atoms with E-state index in [4.69, 9.17) is 5.73 Å². The van der Waals surface area contributed by atoms with Gasteiger partial charge in [-0.25, -0.2) is 13.2 Å². The summed E-state index contributed by atoms with van der Waals surface area (Å²) in [5, 5.41) is 0. The van der Waals surface area contributed by atoms with Gasteiger partial charge in [0.2, 0.25) is 0 Å². The van der Waals surface area contributed by atoms with Crippen molar-refractivity contribution in [3.8, 4) is 0 Å². The normalized spacial score (nSPS) is 10.4. The number of anilines is 2. The summed E-state index contributed by atoms with van der Waals surface area (Å²) in [6.07, 6.45) is 0. The van der Waals surface area contributed by atoms with Gasteiger partial charge in [0.15, 0.2) is 11.6 Å².